The van der Waals surface area contributed by atoms with Crippen LogP contribution in [0.1, 0.15) is 31.2 Å². The summed E-state index contributed by atoms with van der Waals surface area (Å²) in [6, 6.07) is 4.26. The van der Waals surface area contributed by atoms with Gasteiger partial charge in [-0.25, -0.2) is 9.97 Å². The highest BCUT2D eigenvalue weighted by Crippen LogP contribution is 2.28. The van der Waals surface area contributed by atoms with Gasteiger partial charge in [-0.1, -0.05) is 19.9 Å². The van der Waals surface area contributed by atoms with Crippen LogP contribution in [0.25, 0.3) is 0 Å². The first-order chi connectivity index (χ1) is 9.54. The van der Waals surface area contributed by atoms with E-state index in [4.69, 9.17) is 4.74 Å². The van der Waals surface area contributed by atoms with Crippen LogP contribution in [-0.2, 0) is 5.41 Å². The van der Waals surface area contributed by atoms with Gasteiger partial charge in [0.25, 0.3) is 0 Å². The summed E-state index contributed by atoms with van der Waals surface area (Å²) in [4.78, 5) is 9.82. The maximum absolute atomic E-state index is 5.49. The summed E-state index contributed by atoms with van der Waals surface area (Å²) in [5.41, 5.74) is 1.02. The van der Waals surface area contributed by atoms with Gasteiger partial charge < -0.3 is 10.1 Å². The fourth-order valence-corrected chi connectivity index (χ4v) is 2.80. The molecule has 2 rings (SSSR count). The molecule has 0 saturated heterocycles. The molecule has 0 atom stereocenters. The highest BCUT2D eigenvalue weighted by Gasteiger charge is 2.22. The molecule has 2 aromatic rings. The van der Waals surface area contributed by atoms with E-state index < -0.39 is 0 Å². The third-order valence-corrected chi connectivity index (χ3v) is 4.44. The molecule has 0 bridgehead atoms. The summed E-state index contributed by atoms with van der Waals surface area (Å²) < 4.78 is 5.49. The maximum Gasteiger partial charge on any atom is 0.221 e. The number of hydrogen-bond donors (Lipinski definition) is 1. The Morgan fingerprint density at radius 3 is 2.80 bits per heavy atom. The van der Waals surface area contributed by atoms with Crippen LogP contribution in [0.2, 0.25) is 0 Å². The summed E-state index contributed by atoms with van der Waals surface area (Å²) >= 11 is 1.78. The maximum atomic E-state index is 5.49. The topological polar surface area (TPSA) is 47.0 Å². The highest BCUT2D eigenvalue weighted by atomic mass is 32.1. The van der Waals surface area contributed by atoms with Crippen LogP contribution in [-0.4, -0.2) is 23.1 Å². The Morgan fingerprint density at radius 1 is 1.35 bits per heavy atom. The van der Waals surface area contributed by atoms with E-state index in [1.165, 1.54) is 4.88 Å². The molecule has 108 valence electrons. The molecule has 20 heavy (non-hydrogen) atoms. The van der Waals surface area contributed by atoms with E-state index in [1.807, 2.05) is 13.8 Å². The zero-order valence-electron chi connectivity index (χ0n) is 12.4. The van der Waals surface area contributed by atoms with Crippen molar-refractivity contribution in [1.29, 1.82) is 0 Å². The Balaban J connectivity index is 2.09. The van der Waals surface area contributed by atoms with Crippen LogP contribution in [0.15, 0.2) is 23.8 Å². The quantitative estimate of drug-likeness (QED) is 0.882. The van der Waals surface area contributed by atoms with Crippen molar-refractivity contribution in [1.82, 2.24) is 9.97 Å². The van der Waals surface area contributed by atoms with Crippen molar-refractivity contribution < 1.29 is 4.74 Å². The Kier molecular flexibility index (Phi) is 4.60. The molecular weight excluding hydrogens is 270 g/mol. The molecule has 5 heteroatoms. The number of aromatic nitrogens is 2. The summed E-state index contributed by atoms with van der Waals surface area (Å²) in [5.74, 6) is 1.49. The zero-order chi connectivity index (χ0) is 14.6. The lowest BCUT2D eigenvalue weighted by Gasteiger charge is -2.24. The Morgan fingerprint density at radius 2 is 2.15 bits per heavy atom. The molecule has 0 aromatic carbocycles. The van der Waals surface area contributed by atoms with Gasteiger partial charge in [0.15, 0.2) is 0 Å². The van der Waals surface area contributed by atoms with Crippen LogP contribution in [0.3, 0.4) is 0 Å². The van der Waals surface area contributed by atoms with Crippen LogP contribution in [0, 0.1) is 6.92 Å². The van der Waals surface area contributed by atoms with Crippen LogP contribution in [0.4, 0.5) is 5.82 Å². The third kappa shape index (κ3) is 3.28. The average Bonchev–Trinajstić information content (AvgIpc) is 2.95. The lowest BCUT2D eigenvalue weighted by Crippen LogP contribution is -2.27. The van der Waals surface area contributed by atoms with Crippen LogP contribution in [0.5, 0.6) is 5.88 Å². The SMILES string of the molecule is CCOc1ncnc(NCC(C)(C)c2cccs2)c1C. The van der Waals surface area contributed by atoms with Crippen molar-refractivity contribution in [2.45, 2.75) is 33.1 Å². The third-order valence-electron chi connectivity index (χ3n) is 3.20. The molecule has 0 radical (unpaired) electrons. The lowest BCUT2D eigenvalue weighted by atomic mass is 9.91. The van der Waals surface area contributed by atoms with Gasteiger partial charge in [-0.2, -0.15) is 0 Å². The Bertz CT molecular complexity index is 552. The molecule has 1 N–H and O–H groups in total. The smallest absolute Gasteiger partial charge is 0.221 e. The van der Waals surface area contributed by atoms with Gasteiger partial charge >= 0.3 is 0 Å². The average molecular weight is 291 g/mol. The number of rotatable bonds is 6. The second-order valence-electron chi connectivity index (χ2n) is 5.30. The molecule has 0 aliphatic carbocycles. The normalized spacial score (nSPS) is 11.4. The van der Waals surface area contributed by atoms with Gasteiger partial charge in [0.1, 0.15) is 12.1 Å². The van der Waals surface area contributed by atoms with E-state index >= 15 is 0 Å². The standard InChI is InChI=1S/C15H21N3OS/c1-5-19-14-11(2)13(17-10-18-14)16-9-15(3,4)12-7-6-8-20-12/h6-8,10H,5,9H2,1-4H3,(H,16,17,18). The first kappa shape index (κ1) is 14.8. The molecule has 0 amide bonds. The van der Waals surface area contributed by atoms with E-state index in [-0.39, 0.29) is 5.41 Å². The predicted octanol–water partition coefficient (Wildman–Crippen LogP) is 3.63. The van der Waals surface area contributed by atoms with Crippen molar-refractivity contribution >= 4 is 17.2 Å². The van der Waals surface area contributed by atoms with Crippen molar-refractivity contribution in [2.24, 2.45) is 0 Å². The molecular formula is C15H21N3OS. The predicted molar refractivity (Wildman–Crippen MR) is 83.8 cm³/mol. The van der Waals surface area contributed by atoms with Crippen LogP contribution < -0.4 is 10.1 Å². The molecule has 0 aliphatic heterocycles. The van der Waals surface area contributed by atoms with Gasteiger partial charge in [-0.15, -0.1) is 11.3 Å². The second kappa shape index (κ2) is 6.22. The van der Waals surface area contributed by atoms with Crippen molar-refractivity contribution in [3.8, 4) is 5.88 Å². The Labute approximate surface area is 124 Å². The van der Waals surface area contributed by atoms with Gasteiger partial charge in [0.2, 0.25) is 5.88 Å². The number of nitrogens with zero attached hydrogens (tertiary/aromatic N) is 2. The summed E-state index contributed by atoms with van der Waals surface area (Å²) in [7, 11) is 0. The first-order valence-electron chi connectivity index (χ1n) is 6.77. The molecule has 0 aliphatic rings. The summed E-state index contributed by atoms with van der Waals surface area (Å²) in [6.45, 7) is 9.81. The van der Waals surface area contributed by atoms with Crippen molar-refractivity contribution in [3.63, 3.8) is 0 Å². The fourth-order valence-electron chi connectivity index (χ4n) is 1.95. The van der Waals surface area contributed by atoms with Gasteiger partial charge in [0, 0.05) is 16.8 Å². The Hall–Kier alpha value is -1.62. The number of anilines is 1. The first-order valence-corrected chi connectivity index (χ1v) is 7.65. The van der Waals surface area contributed by atoms with Gasteiger partial charge in [-0.05, 0) is 25.3 Å². The van der Waals surface area contributed by atoms with Gasteiger partial charge in [-0.3, -0.25) is 0 Å². The summed E-state index contributed by atoms with van der Waals surface area (Å²) in [6.07, 6.45) is 1.54. The minimum Gasteiger partial charge on any atom is -0.478 e. The van der Waals surface area contributed by atoms with E-state index in [0.717, 1.165) is 17.9 Å². The second-order valence-corrected chi connectivity index (χ2v) is 6.25. The molecule has 0 saturated carbocycles. The number of hydrogen-bond acceptors (Lipinski definition) is 5. The molecule has 2 aromatic heterocycles. The van der Waals surface area contributed by atoms with E-state index in [0.29, 0.717) is 12.5 Å². The molecule has 4 nitrogen and oxygen atoms in total. The van der Waals surface area contributed by atoms with E-state index in [9.17, 15) is 0 Å². The molecule has 0 spiro atoms. The van der Waals surface area contributed by atoms with E-state index in [1.54, 1.807) is 17.7 Å². The summed E-state index contributed by atoms with van der Waals surface area (Å²) in [5, 5.41) is 5.53. The zero-order valence-corrected chi connectivity index (χ0v) is 13.3. The van der Waals surface area contributed by atoms with E-state index in [2.05, 4.69) is 46.6 Å². The number of nitrogens with one attached hydrogen (secondary N) is 1. The highest BCUT2D eigenvalue weighted by molar-refractivity contribution is 7.10. The monoisotopic (exact) mass is 291 g/mol. The van der Waals surface area contributed by atoms with Crippen molar-refractivity contribution in [3.05, 3.63) is 34.3 Å². The minimum absolute atomic E-state index is 0.0668. The van der Waals surface area contributed by atoms with Crippen LogP contribution >= 0.6 is 11.3 Å². The van der Waals surface area contributed by atoms with Gasteiger partial charge in [0.05, 0.1) is 12.2 Å². The molecule has 0 fully saturated rings. The van der Waals surface area contributed by atoms with Crippen molar-refractivity contribution in [2.75, 3.05) is 18.5 Å². The molecule has 0 unspecified atom stereocenters. The lowest BCUT2D eigenvalue weighted by molar-refractivity contribution is 0.324. The largest absolute Gasteiger partial charge is 0.478 e. The number of ether oxygens (including phenoxy) is 1. The number of thiophene rings is 1. The fraction of sp³-hybridized carbons (Fsp3) is 0.467. The molecule has 2 heterocycles. The minimum atomic E-state index is 0.0668.